The van der Waals surface area contributed by atoms with E-state index in [2.05, 4.69) is 25.5 Å². The van der Waals surface area contributed by atoms with Gasteiger partial charge < -0.3 is 0 Å². The first-order valence-corrected chi connectivity index (χ1v) is 2.72. The van der Waals surface area contributed by atoms with Crippen LogP contribution >= 0.6 is 0 Å². The molecule has 1 N–H and O–H groups in total. The molecule has 0 aromatic rings. The zero-order valence-electron chi connectivity index (χ0n) is 5.44. The topological polar surface area (TPSA) is 36.2 Å². The second kappa shape index (κ2) is 3.36. The standard InChI is InChI=1S/C6H12N2/c1-5(2)4-6(3)8-7/h5,7H,3-4H2,1-2H3. The Morgan fingerprint density at radius 3 is 2.38 bits per heavy atom. The van der Waals surface area contributed by atoms with Crippen molar-refractivity contribution < 1.29 is 0 Å². The first-order valence-electron chi connectivity index (χ1n) is 2.72. The maximum atomic E-state index is 6.53. The summed E-state index contributed by atoms with van der Waals surface area (Å²) in [7, 11) is 0. The molecule has 0 rings (SSSR count). The first kappa shape index (κ1) is 7.34. The van der Waals surface area contributed by atoms with Crippen LogP contribution in [0.2, 0.25) is 0 Å². The van der Waals surface area contributed by atoms with Gasteiger partial charge in [0.15, 0.2) is 0 Å². The van der Waals surface area contributed by atoms with Crippen molar-refractivity contribution in [3.8, 4) is 0 Å². The van der Waals surface area contributed by atoms with Crippen molar-refractivity contribution >= 4 is 0 Å². The molecule has 0 aliphatic rings. The number of nitrogens with one attached hydrogen (secondary N) is 1. The van der Waals surface area contributed by atoms with E-state index in [1.807, 2.05) is 0 Å². The number of allylic oxidation sites excluding steroid dienone is 1. The second-order valence-corrected chi connectivity index (χ2v) is 2.28. The van der Waals surface area contributed by atoms with Crippen molar-refractivity contribution in [2.45, 2.75) is 20.3 Å². The van der Waals surface area contributed by atoms with Crippen LogP contribution in [0.4, 0.5) is 0 Å². The molecule has 0 amide bonds. The normalized spacial score (nSPS) is 9.38. The molecular weight excluding hydrogens is 100 g/mol. The Hall–Kier alpha value is -0.660. The largest absolute Gasteiger partial charge is 0.205 e. The summed E-state index contributed by atoms with van der Waals surface area (Å²) < 4.78 is 0. The summed E-state index contributed by atoms with van der Waals surface area (Å²) in [5.74, 6) is 0.566. The molecule has 0 atom stereocenters. The van der Waals surface area contributed by atoms with Crippen LogP contribution in [0, 0.1) is 11.4 Å². The van der Waals surface area contributed by atoms with Gasteiger partial charge in [-0.1, -0.05) is 20.4 Å². The summed E-state index contributed by atoms with van der Waals surface area (Å²) in [6, 6.07) is 0. The van der Waals surface area contributed by atoms with Crippen molar-refractivity contribution in [1.82, 2.24) is 0 Å². The van der Waals surface area contributed by atoms with Gasteiger partial charge in [-0.15, -0.1) is 0 Å². The molecule has 0 saturated heterocycles. The van der Waals surface area contributed by atoms with Crippen molar-refractivity contribution in [2.24, 2.45) is 11.0 Å². The van der Waals surface area contributed by atoms with E-state index in [1.165, 1.54) is 0 Å². The molecule has 0 radical (unpaired) electrons. The SMILES string of the molecule is C=C(CC(C)C)N=N. The monoisotopic (exact) mass is 112 g/mol. The molecule has 0 bridgehead atoms. The summed E-state index contributed by atoms with van der Waals surface area (Å²) in [4.78, 5) is 0. The molecule has 0 saturated carbocycles. The van der Waals surface area contributed by atoms with Gasteiger partial charge in [0.2, 0.25) is 0 Å². The molecule has 0 unspecified atom stereocenters. The molecule has 2 heteroatoms. The number of hydrogen-bond acceptors (Lipinski definition) is 2. The molecule has 0 heterocycles. The number of nitrogens with zero attached hydrogens (tertiary/aromatic N) is 1. The molecular formula is C6H12N2. The predicted molar refractivity (Wildman–Crippen MR) is 33.7 cm³/mol. The van der Waals surface area contributed by atoms with Gasteiger partial charge in [-0.3, -0.25) is 0 Å². The third kappa shape index (κ3) is 3.53. The van der Waals surface area contributed by atoms with Gasteiger partial charge >= 0.3 is 0 Å². The van der Waals surface area contributed by atoms with Crippen LogP contribution in [0.15, 0.2) is 17.4 Å². The lowest BCUT2D eigenvalue weighted by Crippen LogP contribution is -1.85. The van der Waals surface area contributed by atoms with Gasteiger partial charge in [0.05, 0.1) is 5.70 Å². The highest BCUT2D eigenvalue weighted by atomic mass is 15.0. The molecule has 8 heavy (non-hydrogen) atoms. The minimum atomic E-state index is 0.566. The van der Waals surface area contributed by atoms with E-state index in [0.717, 1.165) is 6.42 Å². The van der Waals surface area contributed by atoms with E-state index < -0.39 is 0 Å². The highest BCUT2D eigenvalue weighted by molar-refractivity contribution is 4.89. The van der Waals surface area contributed by atoms with E-state index in [0.29, 0.717) is 11.6 Å². The van der Waals surface area contributed by atoms with E-state index >= 15 is 0 Å². The predicted octanol–water partition coefficient (Wildman–Crippen LogP) is 2.58. The average molecular weight is 112 g/mol. The highest BCUT2D eigenvalue weighted by Crippen LogP contribution is 2.07. The molecule has 0 aliphatic heterocycles. The highest BCUT2D eigenvalue weighted by Gasteiger charge is 1.94. The van der Waals surface area contributed by atoms with Gasteiger partial charge in [-0.25, -0.2) is 5.53 Å². The van der Waals surface area contributed by atoms with Crippen molar-refractivity contribution in [1.29, 1.82) is 5.53 Å². The Morgan fingerprint density at radius 1 is 1.75 bits per heavy atom. The van der Waals surface area contributed by atoms with Crippen molar-refractivity contribution in [2.75, 3.05) is 0 Å². The summed E-state index contributed by atoms with van der Waals surface area (Å²) in [6.45, 7) is 7.72. The average Bonchev–Trinajstić information content (AvgIpc) is 1.65. The number of rotatable bonds is 3. The summed E-state index contributed by atoms with van der Waals surface area (Å²) in [6.07, 6.45) is 0.837. The Kier molecular flexibility index (Phi) is 3.08. The van der Waals surface area contributed by atoms with Gasteiger partial charge in [-0.05, 0) is 12.3 Å². The first-order chi connectivity index (χ1) is 3.66. The summed E-state index contributed by atoms with van der Waals surface area (Å²) in [5, 5.41) is 3.18. The van der Waals surface area contributed by atoms with Crippen molar-refractivity contribution in [3.63, 3.8) is 0 Å². The maximum Gasteiger partial charge on any atom is 0.0554 e. The quantitative estimate of drug-likeness (QED) is 0.545. The van der Waals surface area contributed by atoms with Crippen LogP contribution in [0.1, 0.15) is 20.3 Å². The van der Waals surface area contributed by atoms with Gasteiger partial charge in [-0.2, -0.15) is 5.11 Å². The fourth-order valence-corrected chi connectivity index (χ4v) is 0.517. The summed E-state index contributed by atoms with van der Waals surface area (Å²) in [5.41, 5.74) is 7.19. The number of hydrogen-bond donors (Lipinski definition) is 1. The van der Waals surface area contributed by atoms with E-state index in [1.54, 1.807) is 0 Å². The van der Waals surface area contributed by atoms with Crippen LogP contribution in [-0.4, -0.2) is 0 Å². The fourth-order valence-electron chi connectivity index (χ4n) is 0.517. The lowest BCUT2D eigenvalue weighted by Gasteiger charge is -1.99. The molecule has 0 fully saturated rings. The van der Waals surface area contributed by atoms with Crippen LogP contribution < -0.4 is 0 Å². The smallest absolute Gasteiger partial charge is 0.0554 e. The molecule has 0 aromatic heterocycles. The Morgan fingerprint density at radius 2 is 2.25 bits per heavy atom. The van der Waals surface area contributed by atoms with Gasteiger partial charge in [0, 0.05) is 0 Å². The molecule has 2 nitrogen and oxygen atoms in total. The van der Waals surface area contributed by atoms with Crippen LogP contribution in [-0.2, 0) is 0 Å². The minimum Gasteiger partial charge on any atom is -0.205 e. The Balaban J connectivity index is 3.39. The van der Waals surface area contributed by atoms with Gasteiger partial charge in [0.25, 0.3) is 0 Å². The van der Waals surface area contributed by atoms with Crippen molar-refractivity contribution in [3.05, 3.63) is 12.3 Å². The Bertz CT molecular complexity index is 94.7. The molecule has 46 valence electrons. The zero-order valence-corrected chi connectivity index (χ0v) is 5.44. The minimum absolute atomic E-state index is 0.566. The molecule has 0 aliphatic carbocycles. The van der Waals surface area contributed by atoms with Crippen LogP contribution in [0.25, 0.3) is 0 Å². The van der Waals surface area contributed by atoms with Gasteiger partial charge in [0.1, 0.15) is 0 Å². The van der Waals surface area contributed by atoms with E-state index in [4.69, 9.17) is 5.53 Å². The van der Waals surface area contributed by atoms with Crippen LogP contribution in [0.5, 0.6) is 0 Å². The molecule has 0 aromatic carbocycles. The summed E-state index contributed by atoms with van der Waals surface area (Å²) >= 11 is 0. The zero-order chi connectivity index (χ0) is 6.57. The lowest BCUT2D eigenvalue weighted by atomic mass is 10.1. The Labute approximate surface area is 50.1 Å². The molecule has 0 spiro atoms. The fraction of sp³-hybridized carbons (Fsp3) is 0.667. The third-order valence-electron chi connectivity index (χ3n) is 0.802. The lowest BCUT2D eigenvalue weighted by molar-refractivity contribution is 0.632. The second-order valence-electron chi connectivity index (χ2n) is 2.28. The van der Waals surface area contributed by atoms with E-state index in [-0.39, 0.29) is 0 Å². The third-order valence-corrected chi connectivity index (χ3v) is 0.802. The maximum absolute atomic E-state index is 6.53. The van der Waals surface area contributed by atoms with E-state index in [9.17, 15) is 0 Å². The van der Waals surface area contributed by atoms with Crippen LogP contribution in [0.3, 0.4) is 0 Å².